The fraction of sp³-hybridized carbons (Fsp3) is 0.939. The maximum absolute atomic E-state index is 14.1. The largest absolute Gasteiger partial charge is 0.394 e. The highest BCUT2D eigenvalue weighted by Crippen LogP contribution is 2.61. The van der Waals surface area contributed by atoms with E-state index in [-0.39, 0.29) is 42.4 Å². The van der Waals surface area contributed by atoms with E-state index in [9.17, 15) is 19.8 Å². The maximum atomic E-state index is 14.1. The normalized spacial score (nSPS) is 45.2. The Morgan fingerprint density at radius 2 is 1.88 bits per heavy atom. The van der Waals surface area contributed by atoms with Crippen LogP contribution in [0.2, 0.25) is 0 Å². The number of aliphatic hydroxyl groups is 2. The summed E-state index contributed by atoms with van der Waals surface area (Å²) in [5.41, 5.74) is 0.327. The third-order valence-corrected chi connectivity index (χ3v) is 13.4. The Labute approximate surface area is 266 Å². The molecule has 1 saturated heterocycles. The van der Waals surface area contributed by atoms with Crippen molar-refractivity contribution in [2.75, 3.05) is 27.3 Å². The summed E-state index contributed by atoms with van der Waals surface area (Å²) in [5, 5.41) is 29.1. The highest BCUT2D eigenvalue weighted by Gasteiger charge is 2.57. The standard InChI is InChI=1S/C33H56BrN3O6/c1-17-25-13-22(33(25,3)4)14-26(17)36-32(41)29-28(18(2)39)27(16-38)43-37(29)15-19-8-7-9-24(30(19)42-6)20-10-21(31(40)35-5)12-23(34)11-20/h17-30,38-39H,7-16H2,1-6H3,(H,35,40)(H,36,41)/t17-,18-,19?,20?,21?,22+,23?,24?,25-,26-,27-,28-,29-,30?/m0/s1. The number of hydroxylamine groups is 2. The molecular weight excluding hydrogens is 614 g/mol. The summed E-state index contributed by atoms with van der Waals surface area (Å²) in [5.74, 6) is 1.89. The summed E-state index contributed by atoms with van der Waals surface area (Å²) < 4.78 is 6.23. The molecule has 2 bridgehead atoms. The molecule has 5 saturated carbocycles. The first kappa shape index (κ1) is 33.6. The SMILES string of the molecule is CNC(=O)C1CC(Br)CC(C2CCCC(CN3O[C@@H](CO)[C@H]([C@H](C)O)[C@H]3C(=O)N[C@H]3C[C@H]4C[C@@H]([C@@H]3C)C4(C)C)C2OC)C1. The van der Waals surface area contributed by atoms with E-state index >= 15 is 0 Å². The Hall–Kier alpha value is -0.780. The molecule has 1 aliphatic heterocycles. The number of methoxy groups -OCH3 is 1. The Morgan fingerprint density at radius 3 is 2.49 bits per heavy atom. The molecule has 14 atom stereocenters. The van der Waals surface area contributed by atoms with Crippen LogP contribution in [-0.2, 0) is 19.2 Å². The van der Waals surface area contributed by atoms with Crippen LogP contribution >= 0.6 is 15.9 Å². The predicted octanol–water partition coefficient (Wildman–Crippen LogP) is 3.50. The van der Waals surface area contributed by atoms with Crippen molar-refractivity contribution < 1.29 is 29.4 Å². The van der Waals surface area contributed by atoms with Gasteiger partial charge in [0.05, 0.1) is 18.8 Å². The smallest absolute Gasteiger partial charge is 0.240 e. The summed E-state index contributed by atoms with van der Waals surface area (Å²) in [6, 6.07) is -0.579. The van der Waals surface area contributed by atoms with Crippen molar-refractivity contribution in [3.05, 3.63) is 0 Å². The van der Waals surface area contributed by atoms with Crippen LogP contribution in [-0.4, -0.2) is 89.6 Å². The molecule has 6 aliphatic rings. The lowest BCUT2D eigenvalue weighted by molar-refractivity contribution is -0.193. The van der Waals surface area contributed by atoms with Gasteiger partial charge in [0, 0.05) is 49.3 Å². The molecule has 6 fully saturated rings. The number of nitrogens with one attached hydrogen (secondary N) is 2. The van der Waals surface area contributed by atoms with E-state index in [0.29, 0.717) is 46.4 Å². The van der Waals surface area contributed by atoms with Crippen LogP contribution in [0.3, 0.4) is 0 Å². The molecule has 6 rings (SSSR count). The molecule has 0 aromatic heterocycles. The van der Waals surface area contributed by atoms with Gasteiger partial charge in [-0.1, -0.05) is 43.1 Å². The van der Waals surface area contributed by atoms with Crippen LogP contribution in [0.1, 0.15) is 79.1 Å². The van der Waals surface area contributed by atoms with E-state index in [1.165, 1.54) is 6.42 Å². The number of hydrogen-bond donors (Lipinski definition) is 4. The van der Waals surface area contributed by atoms with Crippen LogP contribution in [0.5, 0.6) is 0 Å². The fourth-order valence-electron chi connectivity index (χ4n) is 10.2. The molecule has 4 N–H and O–H groups in total. The fourth-order valence-corrected chi connectivity index (χ4v) is 11.1. The Balaban J connectivity index is 1.32. The topological polar surface area (TPSA) is 120 Å². The lowest BCUT2D eigenvalue weighted by atomic mass is 9.45. The van der Waals surface area contributed by atoms with E-state index in [1.54, 1.807) is 26.1 Å². The van der Waals surface area contributed by atoms with Gasteiger partial charge in [-0.3, -0.25) is 14.4 Å². The number of carbonyl (C=O) groups excluding carboxylic acids is 2. The van der Waals surface area contributed by atoms with Gasteiger partial charge < -0.3 is 25.6 Å². The molecule has 43 heavy (non-hydrogen) atoms. The third-order valence-electron chi connectivity index (χ3n) is 12.7. The van der Waals surface area contributed by atoms with Crippen molar-refractivity contribution in [3.8, 4) is 0 Å². The molecule has 9 nitrogen and oxygen atoms in total. The number of hydrogen-bond acceptors (Lipinski definition) is 7. The van der Waals surface area contributed by atoms with Crippen molar-refractivity contribution in [3.63, 3.8) is 0 Å². The Morgan fingerprint density at radius 1 is 1.14 bits per heavy atom. The molecule has 1 heterocycles. The highest BCUT2D eigenvalue weighted by molar-refractivity contribution is 9.09. The minimum atomic E-state index is -0.814. The molecule has 0 radical (unpaired) electrons. The van der Waals surface area contributed by atoms with E-state index in [2.05, 4.69) is 47.3 Å². The number of ether oxygens (including phenoxy) is 1. The van der Waals surface area contributed by atoms with Gasteiger partial charge in [0.25, 0.3) is 0 Å². The number of aliphatic hydroxyl groups excluding tert-OH is 2. The lowest BCUT2D eigenvalue weighted by Gasteiger charge is -2.62. The van der Waals surface area contributed by atoms with Gasteiger partial charge in [0.1, 0.15) is 12.1 Å². The summed E-state index contributed by atoms with van der Waals surface area (Å²) in [7, 11) is 3.49. The Kier molecular flexibility index (Phi) is 10.6. The van der Waals surface area contributed by atoms with Gasteiger partial charge >= 0.3 is 0 Å². The molecule has 0 aromatic carbocycles. The minimum absolute atomic E-state index is 0.00287. The monoisotopic (exact) mass is 669 g/mol. The van der Waals surface area contributed by atoms with Gasteiger partial charge in [-0.25, -0.2) is 0 Å². The minimum Gasteiger partial charge on any atom is -0.394 e. The van der Waals surface area contributed by atoms with Crippen LogP contribution < -0.4 is 10.6 Å². The zero-order valence-electron chi connectivity index (χ0n) is 27.0. The van der Waals surface area contributed by atoms with E-state index in [4.69, 9.17) is 9.57 Å². The number of halogens is 1. The second kappa shape index (κ2) is 13.5. The number of amides is 2. The van der Waals surface area contributed by atoms with Gasteiger partial charge in [0.15, 0.2) is 0 Å². The van der Waals surface area contributed by atoms with Crippen LogP contribution in [0.4, 0.5) is 0 Å². The first-order valence-corrected chi connectivity index (χ1v) is 17.7. The summed E-state index contributed by atoms with van der Waals surface area (Å²) in [6.45, 7) is 8.91. The molecule has 10 heteroatoms. The number of rotatable bonds is 9. The number of alkyl halides is 1. The van der Waals surface area contributed by atoms with E-state index in [0.717, 1.165) is 44.9 Å². The van der Waals surface area contributed by atoms with Gasteiger partial charge in [-0.05, 0) is 86.9 Å². The maximum Gasteiger partial charge on any atom is 0.240 e. The lowest BCUT2D eigenvalue weighted by Crippen LogP contribution is -2.62. The number of carbonyl (C=O) groups is 2. The van der Waals surface area contributed by atoms with Crippen molar-refractivity contribution >= 4 is 27.7 Å². The molecule has 0 spiro atoms. The third kappa shape index (κ3) is 6.44. The first-order valence-electron chi connectivity index (χ1n) is 16.8. The average Bonchev–Trinajstić information content (AvgIpc) is 3.35. The van der Waals surface area contributed by atoms with E-state index in [1.807, 2.05) is 0 Å². The van der Waals surface area contributed by atoms with Gasteiger partial charge in [0.2, 0.25) is 11.8 Å². The summed E-state index contributed by atoms with van der Waals surface area (Å²) in [4.78, 5) is 33.3. The predicted molar refractivity (Wildman–Crippen MR) is 168 cm³/mol. The van der Waals surface area contributed by atoms with Crippen LogP contribution in [0, 0.1) is 52.8 Å². The van der Waals surface area contributed by atoms with Crippen molar-refractivity contribution in [2.45, 2.75) is 114 Å². The van der Waals surface area contributed by atoms with Crippen LogP contribution in [0.15, 0.2) is 0 Å². The Bertz CT molecular complexity index is 998. The molecule has 0 aromatic rings. The van der Waals surface area contributed by atoms with Gasteiger partial charge in [-0.2, -0.15) is 5.06 Å². The number of nitrogens with zero attached hydrogens (tertiary/aromatic N) is 1. The zero-order valence-corrected chi connectivity index (χ0v) is 28.6. The second-order valence-corrected chi connectivity index (χ2v) is 16.5. The van der Waals surface area contributed by atoms with Crippen molar-refractivity contribution in [1.82, 2.24) is 15.7 Å². The molecular formula is C33H56BrN3O6. The highest BCUT2D eigenvalue weighted by atomic mass is 79.9. The number of fused-ring (bicyclic) bond motifs is 2. The van der Waals surface area contributed by atoms with Crippen molar-refractivity contribution in [1.29, 1.82) is 0 Å². The molecule has 5 aliphatic carbocycles. The molecule has 246 valence electrons. The van der Waals surface area contributed by atoms with E-state index < -0.39 is 24.2 Å². The average molecular weight is 671 g/mol. The van der Waals surface area contributed by atoms with Gasteiger partial charge in [-0.15, -0.1) is 0 Å². The summed E-state index contributed by atoms with van der Waals surface area (Å²) >= 11 is 3.84. The summed E-state index contributed by atoms with van der Waals surface area (Å²) in [6.07, 6.45) is 6.52. The first-order chi connectivity index (χ1) is 20.4. The van der Waals surface area contributed by atoms with Crippen molar-refractivity contribution in [2.24, 2.45) is 52.8 Å². The zero-order chi connectivity index (χ0) is 31.2. The second-order valence-electron chi connectivity index (χ2n) is 15.2. The van der Waals surface area contributed by atoms with Crippen LogP contribution in [0.25, 0.3) is 0 Å². The quantitative estimate of drug-likeness (QED) is 0.278. The molecule has 6 unspecified atom stereocenters. The molecule has 2 amide bonds.